The van der Waals surface area contributed by atoms with Crippen LogP contribution in [0.2, 0.25) is 0 Å². The molecule has 0 bridgehead atoms. The molecular weight excluding hydrogens is 456 g/mol. The van der Waals surface area contributed by atoms with Crippen molar-refractivity contribution in [3.05, 3.63) is 84.1 Å². The minimum Gasteiger partial charge on any atom is -0.493 e. The smallest absolute Gasteiger partial charge is 0.411 e. The lowest BCUT2D eigenvalue weighted by atomic mass is 9.87. The lowest BCUT2D eigenvalue weighted by molar-refractivity contribution is 0.155. The van der Waals surface area contributed by atoms with Crippen LogP contribution in [0, 0.1) is 0 Å². The topological polar surface area (TPSA) is 78.9 Å². The van der Waals surface area contributed by atoms with Crippen LogP contribution >= 0.6 is 0 Å². The van der Waals surface area contributed by atoms with Crippen molar-refractivity contribution in [2.45, 2.75) is 32.8 Å². The van der Waals surface area contributed by atoms with Gasteiger partial charge >= 0.3 is 6.09 Å². The number of nitrogens with zero attached hydrogens (tertiary/aromatic N) is 1. The predicted octanol–water partition coefficient (Wildman–Crippen LogP) is 7.09. The van der Waals surface area contributed by atoms with E-state index in [0.717, 1.165) is 16.5 Å². The Kier molecular flexibility index (Phi) is 7.29. The molecule has 0 spiro atoms. The van der Waals surface area contributed by atoms with Crippen LogP contribution in [0.1, 0.15) is 31.9 Å². The lowest BCUT2D eigenvalue weighted by Crippen LogP contribution is -2.14. The SMILES string of the molecule is COc1cc2nccc(Oc3ccc(NC(=O)OCc4ccc(C(C)(C)C)cc4)cc3)c2cc1OC. The molecule has 0 aliphatic heterocycles. The van der Waals surface area contributed by atoms with Crippen LogP contribution in [0.25, 0.3) is 10.9 Å². The first-order valence-electron chi connectivity index (χ1n) is 11.6. The van der Waals surface area contributed by atoms with E-state index in [2.05, 4.69) is 43.2 Å². The van der Waals surface area contributed by atoms with Crippen LogP contribution in [-0.4, -0.2) is 25.3 Å². The van der Waals surface area contributed by atoms with Crippen LogP contribution in [0.4, 0.5) is 10.5 Å². The zero-order valence-corrected chi connectivity index (χ0v) is 21.1. The van der Waals surface area contributed by atoms with E-state index in [1.54, 1.807) is 56.8 Å². The summed E-state index contributed by atoms with van der Waals surface area (Å²) < 4.78 is 22.2. The van der Waals surface area contributed by atoms with Gasteiger partial charge in [-0.05, 0) is 52.9 Å². The fraction of sp³-hybridized carbons (Fsp3) is 0.241. The summed E-state index contributed by atoms with van der Waals surface area (Å²) in [6.07, 6.45) is 1.15. The highest BCUT2D eigenvalue weighted by Gasteiger charge is 2.14. The number of nitrogens with one attached hydrogen (secondary N) is 1. The van der Waals surface area contributed by atoms with Gasteiger partial charge in [-0.15, -0.1) is 0 Å². The van der Waals surface area contributed by atoms with Crippen LogP contribution in [0.15, 0.2) is 72.9 Å². The highest BCUT2D eigenvalue weighted by atomic mass is 16.5. The summed E-state index contributed by atoms with van der Waals surface area (Å²) in [6, 6.07) is 20.6. The average Bonchev–Trinajstić information content (AvgIpc) is 2.87. The molecule has 7 heteroatoms. The molecule has 4 aromatic rings. The molecule has 0 unspecified atom stereocenters. The average molecular weight is 487 g/mol. The molecule has 0 saturated heterocycles. The minimum atomic E-state index is -0.523. The lowest BCUT2D eigenvalue weighted by Gasteiger charge is -2.19. The Morgan fingerprint density at radius 3 is 2.17 bits per heavy atom. The number of carbonyl (C=O) groups excluding carboxylic acids is 1. The number of benzene rings is 3. The molecule has 4 rings (SSSR count). The number of hydrogen-bond donors (Lipinski definition) is 1. The van der Waals surface area contributed by atoms with Crippen molar-refractivity contribution in [1.29, 1.82) is 0 Å². The summed E-state index contributed by atoms with van der Waals surface area (Å²) in [5.74, 6) is 2.42. The van der Waals surface area contributed by atoms with Gasteiger partial charge in [0.05, 0.1) is 19.7 Å². The number of pyridine rings is 1. The minimum absolute atomic E-state index is 0.0809. The summed E-state index contributed by atoms with van der Waals surface area (Å²) in [5.41, 5.74) is 3.57. The fourth-order valence-electron chi connectivity index (χ4n) is 3.67. The Morgan fingerprint density at radius 1 is 0.861 bits per heavy atom. The Morgan fingerprint density at radius 2 is 1.53 bits per heavy atom. The number of aromatic nitrogens is 1. The Balaban J connectivity index is 1.37. The van der Waals surface area contributed by atoms with Gasteiger partial charge in [0.2, 0.25) is 0 Å². The van der Waals surface area contributed by atoms with Gasteiger partial charge in [0.15, 0.2) is 11.5 Å². The molecule has 7 nitrogen and oxygen atoms in total. The van der Waals surface area contributed by atoms with E-state index in [1.165, 1.54) is 5.56 Å². The first-order chi connectivity index (χ1) is 17.3. The number of methoxy groups -OCH3 is 2. The van der Waals surface area contributed by atoms with Crippen molar-refractivity contribution in [2.75, 3.05) is 19.5 Å². The summed E-state index contributed by atoms with van der Waals surface area (Å²) in [4.78, 5) is 16.6. The molecule has 1 N–H and O–H groups in total. The van der Waals surface area contributed by atoms with Crippen LogP contribution in [0.5, 0.6) is 23.0 Å². The molecule has 1 aromatic heterocycles. The Bertz CT molecular complexity index is 1340. The van der Waals surface area contributed by atoms with E-state index in [9.17, 15) is 4.79 Å². The van der Waals surface area contributed by atoms with Crippen molar-refractivity contribution >= 4 is 22.7 Å². The first-order valence-corrected chi connectivity index (χ1v) is 11.6. The van der Waals surface area contributed by atoms with Crippen LogP contribution in [-0.2, 0) is 16.8 Å². The van der Waals surface area contributed by atoms with Crippen molar-refractivity contribution < 1.29 is 23.7 Å². The van der Waals surface area contributed by atoms with Crippen LogP contribution in [0.3, 0.4) is 0 Å². The van der Waals surface area contributed by atoms with Crippen molar-refractivity contribution in [3.8, 4) is 23.0 Å². The van der Waals surface area contributed by atoms with Crippen LogP contribution < -0.4 is 19.5 Å². The monoisotopic (exact) mass is 486 g/mol. The number of fused-ring (bicyclic) bond motifs is 1. The third kappa shape index (κ3) is 5.86. The van der Waals surface area contributed by atoms with Gasteiger partial charge < -0.3 is 18.9 Å². The molecule has 1 heterocycles. The van der Waals surface area contributed by atoms with E-state index in [1.807, 2.05) is 18.2 Å². The molecule has 36 heavy (non-hydrogen) atoms. The summed E-state index contributed by atoms with van der Waals surface area (Å²) in [6.45, 7) is 6.68. The Labute approximate surface area is 211 Å². The maximum atomic E-state index is 12.3. The molecular formula is C29H30N2O5. The second-order valence-corrected chi connectivity index (χ2v) is 9.31. The van der Waals surface area contributed by atoms with Gasteiger partial charge in [0.1, 0.15) is 18.1 Å². The number of hydrogen-bond acceptors (Lipinski definition) is 6. The Hall–Kier alpha value is -4.26. The normalized spacial score (nSPS) is 11.1. The van der Waals surface area contributed by atoms with Gasteiger partial charge in [-0.25, -0.2) is 4.79 Å². The molecule has 1 amide bonds. The number of ether oxygens (including phenoxy) is 4. The van der Waals surface area contributed by atoms with Gasteiger partial charge in [0, 0.05) is 23.3 Å². The number of anilines is 1. The van der Waals surface area contributed by atoms with Gasteiger partial charge in [-0.3, -0.25) is 10.3 Å². The summed E-state index contributed by atoms with van der Waals surface area (Å²) >= 11 is 0. The van der Waals surface area contributed by atoms with Gasteiger partial charge in [-0.2, -0.15) is 0 Å². The zero-order chi connectivity index (χ0) is 25.7. The molecule has 186 valence electrons. The number of rotatable bonds is 7. The largest absolute Gasteiger partial charge is 0.493 e. The zero-order valence-electron chi connectivity index (χ0n) is 21.1. The van der Waals surface area contributed by atoms with E-state index < -0.39 is 6.09 Å². The molecule has 0 radical (unpaired) electrons. The van der Waals surface area contributed by atoms with Crippen molar-refractivity contribution in [3.63, 3.8) is 0 Å². The van der Waals surface area contributed by atoms with E-state index in [0.29, 0.717) is 28.7 Å². The maximum Gasteiger partial charge on any atom is 0.411 e. The van der Waals surface area contributed by atoms with E-state index in [-0.39, 0.29) is 12.0 Å². The predicted molar refractivity (Wildman–Crippen MR) is 140 cm³/mol. The molecule has 0 fully saturated rings. The first kappa shape index (κ1) is 24.9. The molecule has 0 saturated carbocycles. The van der Waals surface area contributed by atoms with E-state index >= 15 is 0 Å². The number of amides is 1. The summed E-state index contributed by atoms with van der Waals surface area (Å²) in [7, 11) is 3.17. The highest BCUT2D eigenvalue weighted by molar-refractivity contribution is 5.88. The molecule has 0 aliphatic carbocycles. The second kappa shape index (κ2) is 10.6. The molecule has 0 aliphatic rings. The fourth-order valence-corrected chi connectivity index (χ4v) is 3.67. The number of carbonyl (C=O) groups is 1. The van der Waals surface area contributed by atoms with Gasteiger partial charge in [-0.1, -0.05) is 45.0 Å². The quantitative estimate of drug-likeness (QED) is 0.300. The van der Waals surface area contributed by atoms with E-state index in [4.69, 9.17) is 18.9 Å². The van der Waals surface area contributed by atoms with Crippen molar-refractivity contribution in [1.82, 2.24) is 4.98 Å². The maximum absolute atomic E-state index is 12.3. The third-order valence-electron chi connectivity index (χ3n) is 5.73. The second-order valence-electron chi connectivity index (χ2n) is 9.31. The standard InChI is InChI=1S/C29H30N2O5/c1-29(2,3)20-8-6-19(7-9-20)18-35-28(32)31-21-10-12-22(13-11-21)36-25-14-15-30-24-17-27(34-5)26(33-4)16-23(24)25/h6-17H,18H2,1-5H3,(H,31,32). The highest BCUT2D eigenvalue weighted by Crippen LogP contribution is 2.37. The third-order valence-corrected chi connectivity index (χ3v) is 5.73. The summed E-state index contributed by atoms with van der Waals surface area (Å²) in [5, 5.41) is 3.53. The molecule has 3 aromatic carbocycles. The van der Waals surface area contributed by atoms with Gasteiger partial charge in [0.25, 0.3) is 0 Å². The molecule has 0 atom stereocenters. The van der Waals surface area contributed by atoms with Crippen molar-refractivity contribution in [2.24, 2.45) is 0 Å².